The highest BCUT2D eigenvalue weighted by Gasteiger charge is 2.14. The van der Waals surface area contributed by atoms with Gasteiger partial charge in [-0.3, -0.25) is 4.79 Å². The molecule has 2 aromatic carbocycles. The third-order valence-corrected chi connectivity index (χ3v) is 4.66. The number of anilines is 2. The summed E-state index contributed by atoms with van der Waals surface area (Å²) in [5, 5.41) is 6.95. The van der Waals surface area contributed by atoms with Crippen molar-refractivity contribution < 1.29 is 9.18 Å². The number of aromatic nitrogens is 2. The van der Waals surface area contributed by atoms with Crippen molar-refractivity contribution in [3.8, 4) is 11.3 Å². The number of benzene rings is 2. The Balaban J connectivity index is 1.81. The molecule has 0 aliphatic rings. The van der Waals surface area contributed by atoms with Crippen molar-refractivity contribution in [1.29, 1.82) is 0 Å². The predicted molar refractivity (Wildman–Crippen MR) is 109 cm³/mol. The number of aromatic amines is 1. The van der Waals surface area contributed by atoms with Gasteiger partial charge in [-0.1, -0.05) is 12.1 Å². The molecule has 0 unspecified atom stereocenters. The first-order valence-corrected chi connectivity index (χ1v) is 8.89. The number of nitrogens with zero attached hydrogens (tertiary/aromatic N) is 1. The van der Waals surface area contributed by atoms with Crippen LogP contribution in [0, 0.1) is 12.7 Å². The van der Waals surface area contributed by atoms with Crippen LogP contribution in [0.1, 0.15) is 15.9 Å². The number of para-hydroxylation sites is 1. The zero-order valence-electron chi connectivity index (χ0n) is 15.5. The Morgan fingerprint density at radius 2 is 1.86 bits per heavy atom. The molecule has 3 N–H and O–H groups in total. The number of fused-ring (bicyclic) bond motifs is 1. The molecule has 28 heavy (non-hydrogen) atoms. The SMILES string of the molecule is CNC(=O)c1ccccc1Nc1c(C)cnc2[nH]c(-c3ccc(F)cc3)cc12. The van der Waals surface area contributed by atoms with Crippen LogP contribution in [0.15, 0.2) is 60.8 Å². The van der Waals surface area contributed by atoms with Crippen LogP contribution in [-0.4, -0.2) is 22.9 Å². The average Bonchev–Trinajstić information content (AvgIpc) is 3.15. The van der Waals surface area contributed by atoms with E-state index in [1.807, 2.05) is 31.2 Å². The van der Waals surface area contributed by atoms with Gasteiger partial charge in [0.25, 0.3) is 5.91 Å². The second-order valence-electron chi connectivity index (χ2n) is 6.52. The molecule has 0 spiro atoms. The summed E-state index contributed by atoms with van der Waals surface area (Å²) in [6, 6.07) is 15.6. The normalized spacial score (nSPS) is 10.8. The number of hydrogen-bond acceptors (Lipinski definition) is 3. The smallest absolute Gasteiger partial charge is 0.253 e. The monoisotopic (exact) mass is 374 g/mol. The molecule has 2 aromatic heterocycles. The summed E-state index contributed by atoms with van der Waals surface area (Å²) in [5.74, 6) is -0.436. The third kappa shape index (κ3) is 3.20. The van der Waals surface area contributed by atoms with Gasteiger partial charge in [-0.15, -0.1) is 0 Å². The van der Waals surface area contributed by atoms with Crippen LogP contribution in [0.25, 0.3) is 22.3 Å². The third-order valence-electron chi connectivity index (χ3n) is 4.66. The summed E-state index contributed by atoms with van der Waals surface area (Å²) in [6.07, 6.45) is 1.78. The summed E-state index contributed by atoms with van der Waals surface area (Å²) in [7, 11) is 1.61. The van der Waals surface area contributed by atoms with Crippen molar-refractivity contribution in [1.82, 2.24) is 15.3 Å². The van der Waals surface area contributed by atoms with Gasteiger partial charge in [-0.2, -0.15) is 0 Å². The minimum Gasteiger partial charge on any atom is -0.355 e. The molecule has 2 heterocycles. The predicted octanol–water partition coefficient (Wildman–Crippen LogP) is 4.78. The Morgan fingerprint density at radius 3 is 2.61 bits per heavy atom. The molecule has 0 radical (unpaired) electrons. The zero-order valence-corrected chi connectivity index (χ0v) is 15.5. The van der Waals surface area contributed by atoms with E-state index < -0.39 is 0 Å². The van der Waals surface area contributed by atoms with Crippen molar-refractivity contribution >= 4 is 28.3 Å². The van der Waals surface area contributed by atoms with E-state index in [2.05, 4.69) is 20.6 Å². The lowest BCUT2D eigenvalue weighted by Gasteiger charge is -2.14. The fourth-order valence-electron chi connectivity index (χ4n) is 3.18. The summed E-state index contributed by atoms with van der Waals surface area (Å²) >= 11 is 0. The topological polar surface area (TPSA) is 69.8 Å². The molecule has 0 fully saturated rings. The highest BCUT2D eigenvalue weighted by Crippen LogP contribution is 2.33. The largest absolute Gasteiger partial charge is 0.355 e. The quantitative estimate of drug-likeness (QED) is 0.481. The number of pyridine rings is 1. The standard InChI is InChI=1S/C22H19FN4O/c1-13-12-25-21-17(11-19(27-21)14-7-9-15(23)10-8-14)20(13)26-18-6-4-3-5-16(18)22(28)24-2/h3-12H,1-2H3,(H,24,28)(H2,25,26,27). The number of hydrogen-bond donors (Lipinski definition) is 3. The van der Waals surface area contributed by atoms with E-state index in [0.29, 0.717) is 16.9 Å². The molecular formula is C22H19FN4O. The Hall–Kier alpha value is -3.67. The minimum atomic E-state index is -0.276. The molecule has 6 heteroatoms. The van der Waals surface area contributed by atoms with E-state index in [0.717, 1.165) is 27.9 Å². The summed E-state index contributed by atoms with van der Waals surface area (Å²) in [4.78, 5) is 19.9. The molecule has 4 rings (SSSR count). The number of carbonyl (C=O) groups is 1. The number of nitrogens with one attached hydrogen (secondary N) is 3. The van der Waals surface area contributed by atoms with E-state index in [-0.39, 0.29) is 11.7 Å². The van der Waals surface area contributed by atoms with E-state index in [4.69, 9.17) is 0 Å². The van der Waals surface area contributed by atoms with Gasteiger partial charge in [0.15, 0.2) is 0 Å². The number of amides is 1. The Morgan fingerprint density at radius 1 is 1.11 bits per heavy atom. The fraction of sp³-hybridized carbons (Fsp3) is 0.0909. The Labute approximate surface area is 161 Å². The van der Waals surface area contributed by atoms with Crippen molar-refractivity contribution in [2.24, 2.45) is 0 Å². The van der Waals surface area contributed by atoms with E-state index in [1.165, 1.54) is 12.1 Å². The van der Waals surface area contributed by atoms with Crippen molar-refractivity contribution in [2.45, 2.75) is 6.92 Å². The highest BCUT2D eigenvalue weighted by atomic mass is 19.1. The number of carbonyl (C=O) groups excluding carboxylic acids is 1. The second kappa shape index (κ2) is 7.15. The number of aryl methyl sites for hydroxylation is 1. The van der Waals surface area contributed by atoms with Gasteiger partial charge in [-0.05, 0) is 60.5 Å². The van der Waals surface area contributed by atoms with E-state index in [9.17, 15) is 9.18 Å². The van der Waals surface area contributed by atoms with Gasteiger partial charge in [0.05, 0.1) is 16.9 Å². The molecule has 0 atom stereocenters. The van der Waals surface area contributed by atoms with Crippen molar-refractivity contribution in [3.05, 3.63) is 77.7 Å². The lowest BCUT2D eigenvalue weighted by molar-refractivity contribution is 0.0964. The lowest BCUT2D eigenvalue weighted by Crippen LogP contribution is -2.19. The van der Waals surface area contributed by atoms with Crippen LogP contribution < -0.4 is 10.6 Å². The van der Waals surface area contributed by atoms with Gasteiger partial charge in [0.1, 0.15) is 11.5 Å². The van der Waals surface area contributed by atoms with Gasteiger partial charge in [-0.25, -0.2) is 9.37 Å². The molecule has 1 amide bonds. The fourth-order valence-corrected chi connectivity index (χ4v) is 3.18. The van der Waals surface area contributed by atoms with Crippen LogP contribution >= 0.6 is 0 Å². The molecule has 0 saturated carbocycles. The summed E-state index contributed by atoms with van der Waals surface area (Å²) in [5.41, 5.74) is 5.51. The number of halogens is 1. The van der Waals surface area contributed by atoms with Gasteiger partial charge >= 0.3 is 0 Å². The van der Waals surface area contributed by atoms with Gasteiger partial charge in [0.2, 0.25) is 0 Å². The minimum absolute atomic E-state index is 0.160. The molecule has 0 bridgehead atoms. The average molecular weight is 374 g/mol. The molecule has 140 valence electrons. The first-order valence-electron chi connectivity index (χ1n) is 8.89. The molecule has 0 aliphatic carbocycles. The van der Waals surface area contributed by atoms with E-state index >= 15 is 0 Å². The van der Waals surface area contributed by atoms with E-state index in [1.54, 1.807) is 31.4 Å². The van der Waals surface area contributed by atoms with Crippen LogP contribution in [0.3, 0.4) is 0 Å². The molecule has 4 aromatic rings. The summed E-state index contributed by atoms with van der Waals surface area (Å²) < 4.78 is 13.2. The lowest BCUT2D eigenvalue weighted by atomic mass is 10.1. The Bertz CT molecular complexity index is 1170. The molecular weight excluding hydrogens is 355 g/mol. The second-order valence-corrected chi connectivity index (χ2v) is 6.52. The van der Waals surface area contributed by atoms with Crippen LogP contribution in [0.2, 0.25) is 0 Å². The molecule has 0 aliphatic heterocycles. The zero-order chi connectivity index (χ0) is 19.7. The first kappa shape index (κ1) is 17.7. The van der Waals surface area contributed by atoms with Gasteiger partial charge < -0.3 is 15.6 Å². The molecule has 5 nitrogen and oxygen atoms in total. The van der Waals surface area contributed by atoms with Gasteiger partial charge in [0, 0.05) is 24.3 Å². The van der Waals surface area contributed by atoms with Crippen LogP contribution in [0.5, 0.6) is 0 Å². The van der Waals surface area contributed by atoms with Crippen LogP contribution in [0.4, 0.5) is 15.8 Å². The maximum absolute atomic E-state index is 13.2. The maximum atomic E-state index is 13.2. The van der Waals surface area contributed by atoms with Crippen molar-refractivity contribution in [3.63, 3.8) is 0 Å². The van der Waals surface area contributed by atoms with Crippen molar-refractivity contribution in [2.75, 3.05) is 12.4 Å². The first-order chi connectivity index (χ1) is 13.6. The highest BCUT2D eigenvalue weighted by molar-refractivity contribution is 6.02. The maximum Gasteiger partial charge on any atom is 0.253 e. The summed E-state index contributed by atoms with van der Waals surface area (Å²) in [6.45, 7) is 1.96. The Kier molecular flexibility index (Phi) is 4.53. The van der Waals surface area contributed by atoms with Crippen LogP contribution in [-0.2, 0) is 0 Å². The molecule has 0 saturated heterocycles. The number of H-pyrrole nitrogens is 1. The number of rotatable bonds is 4.